The van der Waals surface area contributed by atoms with Crippen molar-refractivity contribution in [3.8, 4) is 0 Å². The molecule has 0 atom stereocenters. The second-order valence-electron chi connectivity index (χ2n) is 6.36. The van der Waals surface area contributed by atoms with Crippen molar-refractivity contribution >= 4 is 54.9 Å². The Morgan fingerprint density at radius 3 is 2.03 bits per heavy atom. The summed E-state index contributed by atoms with van der Waals surface area (Å²) >= 11 is 3.29. The van der Waals surface area contributed by atoms with Gasteiger partial charge in [0.25, 0.3) is 17.6 Å². The molecule has 0 aliphatic rings. The van der Waals surface area contributed by atoms with Crippen LogP contribution < -0.4 is 15.8 Å². The highest BCUT2D eigenvalue weighted by Crippen LogP contribution is 2.19. The highest BCUT2D eigenvalue weighted by molar-refractivity contribution is 9.10. The summed E-state index contributed by atoms with van der Waals surface area (Å²) in [6, 6.07) is 17.8. The number of benzene rings is 3. The maximum absolute atomic E-state index is 12.7. The molecule has 0 fully saturated rings. The summed E-state index contributed by atoms with van der Waals surface area (Å²) in [5, 5.41) is 10.1. The molecule has 0 bridgehead atoms. The first-order chi connectivity index (χ1) is 14.6. The quantitative estimate of drug-likeness (QED) is 0.352. The lowest BCUT2D eigenvalue weighted by Crippen LogP contribution is -2.24. The zero-order valence-electron chi connectivity index (χ0n) is 15.8. The second kappa shape index (κ2) is 9.21. The molecule has 10 heteroatoms. The van der Waals surface area contributed by atoms with Gasteiger partial charge in [-0.3, -0.25) is 14.4 Å². The lowest BCUT2D eigenvalue weighted by molar-refractivity contribution is -0.112. The second-order valence-corrected chi connectivity index (χ2v) is 8.84. The molecule has 0 aromatic heterocycles. The van der Waals surface area contributed by atoms with Crippen LogP contribution in [0.3, 0.4) is 0 Å². The van der Waals surface area contributed by atoms with E-state index in [4.69, 9.17) is 5.14 Å². The van der Waals surface area contributed by atoms with Gasteiger partial charge in [0.2, 0.25) is 10.0 Å². The van der Waals surface area contributed by atoms with E-state index < -0.39 is 27.6 Å². The van der Waals surface area contributed by atoms with Crippen LogP contribution in [-0.4, -0.2) is 26.0 Å². The van der Waals surface area contributed by atoms with Gasteiger partial charge < -0.3 is 10.6 Å². The van der Waals surface area contributed by atoms with E-state index in [0.29, 0.717) is 5.56 Å². The Labute approximate surface area is 186 Å². The summed E-state index contributed by atoms with van der Waals surface area (Å²) in [6.45, 7) is 0. The van der Waals surface area contributed by atoms with Gasteiger partial charge in [0.15, 0.2) is 0 Å². The van der Waals surface area contributed by atoms with Crippen molar-refractivity contribution in [2.75, 3.05) is 10.6 Å². The van der Waals surface area contributed by atoms with Crippen LogP contribution in [0.1, 0.15) is 20.7 Å². The first-order valence-corrected chi connectivity index (χ1v) is 11.1. The van der Waals surface area contributed by atoms with E-state index in [1.165, 1.54) is 36.4 Å². The molecule has 0 aliphatic carbocycles. The molecule has 158 valence electrons. The van der Waals surface area contributed by atoms with E-state index in [-0.39, 0.29) is 21.8 Å². The van der Waals surface area contributed by atoms with E-state index in [2.05, 4.69) is 26.6 Å². The summed E-state index contributed by atoms with van der Waals surface area (Å²) in [6.07, 6.45) is 0. The number of nitrogens with one attached hydrogen (secondary N) is 2. The average Bonchev–Trinajstić information content (AvgIpc) is 2.74. The van der Waals surface area contributed by atoms with E-state index in [1.807, 2.05) is 0 Å². The molecule has 0 unspecified atom stereocenters. The van der Waals surface area contributed by atoms with Crippen LogP contribution in [0.2, 0.25) is 0 Å². The van der Waals surface area contributed by atoms with Gasteiger partial charge in [0, 0.05) is 15.7 Å². The number of carbonyl (C=O) groups excluding carboxylic acids is 3. The molecule has 0 aliphatic heterocycles. The molecule has 8 nitrogen and oxygen atoms in total. The maximum atomic E-state index is 12.7. The molecular formula is C21H16BrN3O5S. The summed E-state index contributed by atoms with van der Waals surface area (Å²) in [7, 11) is -3.87. The monoisotopic (exact) mass is 501 g/mol. The van der Waals surface area contributed by atoms with Gasteiger partial charge in [-0.2, -0.15) is 0 Å². The van der Waals surface area contributed by atoms with Crippen molar-refractivity contribution in [3.05, 3.63) is 88.4 Å². The van der Waals surface area contributed by atoms with E-state index in [1.54, 1.807) is 36.4 Å². The Hall–Kier alpha value is -3.34. The van der Waals surface area contributed by atoms with Gasteiger partial charge in [0.1, 0.15) is 0 Å². The van der Waals surface area contributed by atoms with Crippen LogP contribution in [0.15, 0.2) is 82.2 Å². The molecule has 3 rings (SSSR count). The number of Topliss-reactive ketones (excluding diaryl/α,β-unsaturated/α-hetero) is 1. The van der Waals surface area contributed by atoms with Gasteiger partial charge in [0.05, 0.1) is 16.1 Å². The molecule has 4 N–H and O–H groups in total. The number of hydrogen-bond donors (Lipinski definition) is 3. The molecule has 3 aromatic rings. The number of sulfonamides is 1. The normalized spacial score (nSPS) is 10.9. The SMILES string of the molecule is NS(=O)(=O)c1ccc(NC(=O)C(=O)c2ccccc2NC(=O)c2ccc(Br)cc2)cc1. The first-order valence-electron chi connectivity index (χ1n) is 8.79. The third-order valence-corrected chi connectivity index (χ3v) is 5.63. The van der Waals surface area contributed by atoms with E-state index in [9.17, 15) is 22.8 Å². The molecule has 0 spiro atoms. The standard InChI is InChI=1S/C21H16BrN3O5S/c22-14-7-5-13(6-8-14)20(27)25-18-4-2-1-3-17(18)19(26)21(28)24-15-9-11-16(12-10-15)31(23,29)30/h1-12H,(H,24,28)(H,25,27)(H2,23,29,30). The minimum atomic E-state index is -3.87. The number of nitrogens with two attached hydrogens (primary N) is 1. The highest BCUT2D eigenvalue weighted by atomic mass is 79.9. The fourth-order valence-corrected chi connectivity index (χ4v) is 3.40. The summed E-state index contributed by atoms with van der Waals surface area (Å²) < 4.78 is 23.4. The first kappa shape index (κ1) is 22.3. The number of halogens is 1. The van der Waals surface area contributed by atoms with Crippen LogP contribution in [0.4, 0.5) is 11.4 Å². The van der Waals surface area contributed by atoms with Gasteiger partial charge in [-0.25, -0.2) is 13.6 Å². The molecule has 31 heavy (non-hydrogen) atoms. The maximum Gasteiger partial charge on any atom is 0.296 e. The smallest absolute Gasteiger partial charge is 0.296 e. The molecule has 3 aromatic carbocycles. The van der Waals surface area contributed by atoms with Gasteiger partial charge >= 0.3 is 0 Å². The number of amides is 2. The minimum absolute atomic E-state index is 0.00613. The predicted octanol–water partition coefficient (Wildman–Crippen LogP) is 3.17. The van der Waals surface area contributed by atoms with Gasteiger partial charge in [-0.05, 0) is 60.7 Å². The largest absolute Gasteiger partial charge is 0.321 e. The molecule has 2 amide bonds. The third-order valence-electron chi connectivity index (χ3n) is 4.17. The van der Waals surface area contributed by atoms with E-state index >= 15 is 0 Å². The van der Waals surface area contributed by atoms with Crippen molar-refractivity contribution in [2.24, 2.45) is 5.14 Å². The number of hydrogen-bond acceptors (Lipinski definition) is 5. The summed E-state index contributed by atoms with van der Waals surface area (Å²) in [5.41, 5.74) is 0.777. The Bertz CT molecular complexity index is 1260. The van der Waals surface area contributed by atoms with Crippen molar-refractivity contribution in [3.63, 3.8) is 0 Å². The predicted molar refractivity (Wildman–Crippen MR) is 119 cm³/mol. The lowest BCUT2D eigenvalue weighted by Gasteiger charge is -2.11. The fourth-order valence-electron chi connectivity index (χ4n) is 2.62. The highest BCUT2D eigenvalue weighted by Gasteiger charge is 2.21. The Balaban J connectivity index is 1.76. The van der Waals surface area contributed by atoms with Gasteiger partial charge in [-0.15, -0.1) is 0 Å². The Morgan fingerprint density at radius 2 is 1.42 bits per heavy atom. The number of ketones is 1. The molecule has 0 radical (unpaired) electrons. The Morgan fingerprint density at radius 1 is 0.806 bits per heavy atom. The lowest BCUT2D eigenvalue weighted by atomic mass is 10.1. The Kier molecular flexibility index (Phi) is 6.64. The molecule has 0 saturated heterocycles. The molecule has 0 saturated carbocycles. The number of primary sulfonamides is 1. The van der Waals surface area contributed by atoms with Crippen LogP contribution in [0.5, 0.6) is 0 Å². The topological polar surface area (TPSA) is 135 Å². The van der Waals surface area contributed by atoms with Crippen LogP contribution in [-0.2, 0) is 14.8 Å². The van der Waals surface area contributed by atoms with Crippen molar-refractivity contribution in [1.82, 2.24) is 0 Å². The fraction of sp³-hybridized carbons (Fsp3) is 0. The van der Waals surface area contributed by atoms with E-state index in [0.717, 1.165) is 4.47 Å². The van der Waals surface area contributed by atoms with Crippen molar-refractivity contribution < 1.29 is 22.8 Å². The average molecular weight is 502 g/mol. The summed E-state index contributed by atoms with van der Waals surface area (Å²) in [5.74, 6) is -2.26. The number of rotatable bonds is 6. The van der Waals surface area contributed by atoms with Crippen LogP contribution in [0, 0.1) is 0 Å². The summed E-state index contributed by atoms with van der Waals surface area (Å²) in [4.78, 5) is 37.4. The third kappa shape index (κ3) is 5.63. The minimum Gasteiger partial charge on any atom is -0.321 e. The zero-order valence-corrected chi connectivity index (χ0v) is 18.2. The van der Waals surface area contributed by atoms with Crippen LogP contribution >= 0.6 is 15.9 Å². The molecular weight excluding hydrogens is 486 g/mol. The van der Waals surface area contributed by atoms with Crippen LogP contribution in [0.25, 0.3) is 0 Å². The number of carbonyl (C=O) groups is 3. The van der Waals surface area contributed by atoms with Crippen molar-refractivity contribution in [1.29, 1.82) is 0 Å². The number of anilines is 2. The molecule has 0 heterocycles. The van der Waals surface area contributed by atoms with Gasteiger partial charge in [-0.1, -0.05) is 28.1 Å². The number of para-hydroxylation sites is 1. The van der Waals surface area contributed by atoms with Crippen molar-refractivity contribution in [2.45, 2.75) is 4.90 Å². The zero-order chi connectivity index (χ0) is 22.6.